The summed E-state index contributed by atoms with van der Waals surface area (Å²) in [5.41, 5.74) is 9.24. The standard InChI is InChI=1S/C11H10FN5O/c1-17-5-4-9(15-17)7-18-11-3-2-8(12)6-10(11)14-16-13/h2-6H,7H2,1H3. The van der Waals surface area contributed by atoms with E-state index < -0.39 is 5.82 Å². The lowest BCUT2D eigenvalue weighted by Crippen LogP contribution is -1.98. The Bertz CT molecular complexity index is 603. The van der Waals surface area contributed by atoms with Crippen molar-refractivity contribution in [3.05, 3.63) is 52.4 Å². The van der Waals surface area contributed by atoms with Crippen LogP contribution in [-0.4, -0.2) is 9.78 Å². The van der Waals surface area contributed by atoms with Crippen LogP contribution < -0.4 is 4.74 Å². The van der Waals surface area contributed by atoms with Crippen LogP contribution in [0.3, 0.4) is 0 Å². The zero-order chi connectivity index (χ0) is 13.0. The van der Waals surface area contributed by atoms with Crippen molar-refractivity contribution in [2.24, 2.45) is 12.2 Å². The fourth-order valence-electron chi connectivity index (χ4n) is 1.43. The molecule has 0 N–H and O–H groups in total. The first-order chi connectivity index (χ1) is 8.69. The molecule has 1 aromatic carbocycles. The van der Waals surface area contributed by atoms with Crippen LogP contribution in [0.1, 0.15) is 5.69 Å². The molecule has 0 aliphatic carbocycles. The molecule has 0 aliphatic rings. The third kappa shape index (κ3) is 2.78. The normalized spacial score (nSPS) is 9.89. The molecule has 0 spiro atoms. The third-order valence-electron chi connectivity index (χ3n) is 2.22. The number of halogens is 1. The van der Waals surface area contributed by atoms with E-state index in [9.17, 15) is 4.39 Å². The summed E-state index contributed by atoms with van der Waals surface area (Å²) in [5, 5.41) is 7.51. The molecule has 0 bridgehead atoms. The van der Waals surface area contributed by atoms with Crippen molar-refractivity contribution in [3.63, 3.8) is 0 Å². The summed E-state index contributed by atoms with van der Waals surface area (Å²) < 4.78 is 20.1. The molecule has 0 aliphatic heterocycles. The molecule has 0 radical (unpaired) electrons. The summed E-state index contributed by atoms with van der Waals surface area (Å²) in [7, 11) is 1.80. The second-order valence-corrected chi connectivity index (χ2v) is 3.57. The van der Waals surface area contributed by atoms with Crippen LogP contribution in [0.25, 0.3) is 10.4 Å². The molecule has 1 aromatic heterocycles. The Morgan fingerprint density at radius 3 is 3.00 bits per heavy atom. The average Bonchev–Trinajstić information content (AvgIpc) is 2.75. The Balaban J connectivity index is 2.15. The summed E-state index contributed by atoms with van der Waals surface area (Å²) in [6.07, 6.45) is 1.79. The highest BCUT2D eigenvalue weighted by Gasteiger charge is 2.05. The van der Waals surface area contributed by atoms with Crippen molar-refractivity contribution in [1.29, 1.82) is 0 Å². The second-order valence-electron chi connectivity index (χ2n) is 3.57. The van der Waals surface area contributed by atoms with Crippen LogP contribution in [0.4, 0.5) is 10.1 Å². The van der Waals surface area contributed by atoms with Crippen LogP contribution in [0.15, 0.2) is 35.6 Å². The minimum atomic E-state index is -0.484. The molecule has 0 saturated heterocycles. The molecular formula is C11H10FN5O. The van der Waals surface area contributed by atoms with Gasteiger partial charge in [0.2, 0.25) is 0 Å². The Labute approximate surface area is 102 Å². The Kier molecular flexibility index (Phi) is 3.45. The molecule has 0 atom stereocenters. The van der Waals surface area contributed by atoms with Gasteiger partial charge in [-0.15, -0.1) is 0 Å². The van der Waals surface area contributed by atoms with Gasteiger partial charge in [-0.3, -0.25) is 4.68 Å². The Morgan fingerprint density at radius 1 is 1.50 bits per heavy atom. The van der Waals surface area contributed by atoms with E-state index in [1.165, 1.54) is 12.1 Å². The summed E-state index contributed by atoms with van der Waals surface area (Å²) in [4.78, 5) is 2.63. The van der Waals surface area contributed by atoms with E-state index in [1.54, 1.807) is 24.0 Å². The van der Waals surface area contributed by atoms with Crippen molar-refractivity contribution in [2.45, 2.75) is 6.61 Å². The molecule has 2 aromatic rings. The molecule has 0 amide bonds. The zero-order valence-corrected chi connectivity index (χ0v) is 9.62. The van der Waals surface area contributed by atoms with E-state index in [2.05, 4.69) is 15.1 Å². The monoisotopic (exact) mass is 247 g/mol. The van der Waals surface area contributed by atoms with Crippen LogP contribution in [-0.2, 0) is 13.7 Å². The smallest absolute Gasteiger partial charge is 0.132 e. The first kappa shape index (κ1) is 11.9. The molecule has 2 rings (SSSR count). The molecule has 92 valence electrons. The van der Waals surface area contributed by atoms with Gasteiger partial charge < -0.3 is 4.74 Å². The van der Waals surface area contributed by atoms with E-state index >= 15 is 0 Å². The molecule has 1 heterocycles. The van der Waals surface area contributed by atoms with Crippen molar-refractivity contribution in [1.82, 2.24) is 9.78 Å². The molecule has 0 fully saturated rings. The average molecular weight is 247 g/mol. The highest BCUT2D eigenvalue weighted by atomic mass is 19.1. The molecule has 0 unspecified atom stereocenters. The van der Waals surface area contributed by atoms with Crippen LogP contribution >= 0.6 is 0 Å². The number of hydrogen-bond acceptors (Lipinski definition) is 3. The van der Waals surface area contributed by atoms with Crippen molar-refractivity contribution >= 4 is 5.69 Å². The van der Waals surface area contributed by atoms with Gasteiger partial charge in [0.05, 0.1) is 11.4 Å². The molecule has 18 heavy (non-hydrogen) atoms. The van der Waals surface area contributed by atoms with Crippen molar-refractivity contribution < 1.29 is 9.13 Å². The van der Waals surface area contributed by atoms with Gasteiger partial charge in [0.1, 0.15) is 18.2 Å². The largest absolute Gasteiger partial charge is 0.487 e. The van der Waals surface area contributed by atoms with E-state index in [0.717, 1.165) is 11.8 Å². The predicted octanol–water partition coefficient (Wildman–Crippen LogP) is 3.08. The lowest BCUT2D eigenvalue weighted by molar-refractivity contribution is 0.300. The minimum absolute atomic E-state index is 0.119. The van der Waals surface area contributed by atoms with Crippen molar-refractivity contribution in [2.75, 3.05) is 0 Å². The SMILES string of the molecule is Cn1ccc(COc2ccc(F)cc2N=[N+]=[N-])n1. The number of hydrogen-bond donors (Lipinski definition) is 0. The number of aryl methyl sites for hydroxylation is 1. The maximum Gasteiger partial charge on any atom is 0.132 e. The summed E-state index contributed by atoms with van der Waals surface area (Å²) >= 11 is 0. The van der Waals surface area contributed by atoms with Gasteiger partial charge in [-0.25, -0.2) is 4.39 Å². The number of rotatable bonds is 4. The summed E-state index contributed by atoms with van der Waals surface area (Å²) in [6.45, 7) is 0.223. The zero-order valence-electron chi connectivity index (χ0n) is 9.62. The maximum absolute atomic E-state index is 13.0. The summed E-state index contributed by atoms with van der Waals surface area (Å²) in [5.74, 6) is -0.164. The number of benzene rings is 1. The lowest BCUT2D eigenvalue weighted by Gasteiger charge is -2.06. The lowest BCUT2D eigenvalue weighted by atomic mass is 10.3. The number of azide groups is 1. The summed E-state index contributed by atoms with van der Waals surface area (Å²) in [6, 6.07) is 5.58. The highest BCUT2D eigenvalue weighted by Crippen LogP contribution is 2.28. The van der Waals surface area contributed by atoms with E-state index in [1.807, 2.05) is 0 Å². The molecule has 0 saturated carbocycles. The fourth-order valence-corrected chi connectivity index (χ4v) is 1.43. The van der Waals surface area contributed by atoms with Gasteiger partial charge in [-0.05, 0) is 29.8 Å². The van der Waals surface area contributed by atoms with Gasteiger partial charge in [-0.2, -0.15) is 5.10 Å². The highest BCUT2D eigenvalue weighted by molar-refractivity contribution is 5.51. The number of aromatic nitrogens is 2. The predicted molar refractivity (Wildman–Crippen MR) is 62.7 cm³/mol. The molecular weight excluding hydrogens is 237 g/mol. The second kappa shape index (κ2) is 5.20. The minimum Gasteiger partial charge on any atom is -0.487 e. The van der Waals surface area contributed by atoms with Crippen LogP contribution in [0.5, 0.6) is 5.75 Å². The third-order valence-corrected chi connectivity index (χ3v) is 2.22. The quantitative estimate of drug-likeness (QED) is 0.473. The Morgan fingerprint density at radius 2 is 2.33 bits per heavy atom. The topological polar surface area (TPSA) is 75.8 Å². The van der Waals surface area contributed by atoms with E-state index in [4.69, 9.17) is 10.3 Å². The van der Waals surface area contributed by atoms with Gasteiger partial charge in [0, 0.05) is 18.2 Å². The maximum atomic E-state index is 13.0. The van der Waals surface area contributed by atoms with Crippen LogP contribution in [0, 0.1) is 5.82 Å². The first-order valence-corrected chi connectivity index (χ1v) is 5.15. The van der Waals surface area contributed by atoms with Crippen LogP contribution in [0.2, 0.25) is 0 Å². The fraction of sp³-hybridized carbons (Fsp3) is 0.182. The van der Waals surface area contributed by atoms with Gasteiger partial charge in [0.15, 0.2) is 0 Å². The van der Waals surface area contributed by atoms with E-state index in [0.29, 0.717) is 5.75 Å². The molecule has 6 nitrogen and oxygen atoms in total. The van der Waals surface area contributed by atoms with Gasteiger partial charge >= 0.3 is 0 Å². The first-order valence-electron chi connectivity index (χ1n) is 5.15. The number of ether oxygens (including phenoxy) is 1. The van der Waals surface area contributed by atoms with E-state index in [-0.39, 0.29) is 12.3 Å². The Hall–Kier alpha value is -2.53. The van der Waals surface area contributed by atoms with Crippen molar-refractivity contribution in [3.8, 4) is 5.75 Å². The van der Waals surface area contributed by atoms with Gasteiger partial charge in [0.25, 0.3) is 0 Å². The number of nitrogens with zero attached hydrogens (tertiary/aromatic N) is 5. The molecule has 7 heteroatoms. The van der Waals surface area contributed by atoms with Gasteiger partial charge in [-0.1, -0.05) is 5.11 Å².